The average molecular weight is 449 g/mol. The molecule has 0 radical (unpaired) electrons. The van der Waals surface area contributed by atoms with Crippen LogP contribution in [-0.4, -0.2) is 73.3 Å². The number of phenols is 1. The highest BCUT2D eigenvalue weighted by atomic mass is 16.5. The van der Waals surface area contributed by atoms with Crippen molar-refractivity contribution in [1.82, 2.24) is 29.0 Å². The molecule has 3 aromatic heterocycles. The topological polar surface area (TPSA) is 127 Å². The highest BCUT2D eigenvalue weighted by Gasteiger charge is 2.24. The van der Waals surface area contributed by atoms with Gasteiger partial charge >= 0.3 is 0 Å². The van der Waals surface area contributed by atoms with E-state index in [4.69, 9.17) is 4.74 Å². The van der Waals surface area contributed by atoms with E-state index in [1.807, 2.05) is 6.07 Å². The maximum atomic E-state index is 13.0. The number of nitrogens with zero attached hydrogens (tertiary/aromatic N) is 6. The van der Waals surface area contributed by atoms with Gasteiger partial charge in [-0.1, -0.05) is 12.1 Å². The van der Waals surface area contributed by atoms with Crippen molar-refractivity contribution in [2.45, 2.75) is 0 Å². The number of ether oxygens (including phenoxy) is 1. The molecule has 0 atom stereocenters. The van der Waals surface area contributed by atoms with Crippen LogP contribution in [-0.2, 0) is 11.8 Å². The molecule has 170 valence electrons. The lowest BCUT2D eigenvalue weighted by Crippen LogP contribution is -2.31. The number of likely N-dealkylation sites (N-methyl/N-ethyl adjacent to an activating group) is 1. The number of methoxy groups -OCH3 is 1. The van der Waals surface area contributed by atoms with Gasteiger partial charge in [0, 0.05) is 45.7 Å². The summed E-state index contributed by atoms with van der Waals surface area (Å²) in [6.07, 6.45) is 4.86. The molecular formula is C22H23N7O4. The fourth-order valence-electron chi connectivity index (χ4n) is 3.32. The van der Waals surface area contributed by atoms with Gasteiger partial charge in [0.2, 0.25) is 5.78 Å². The smallest absolute Gasteiger partial charge is 0.275 e. The van der Waals surface area contributed by atoms with Gasteiger partial charge in [0.15, 0.2) is 0 Å². The summed E-state index contributed by atoms with van der Waals surface area (Å²) in [5.74, 6) is -0.0765. The lowest BCUT2D eigenvalue weighted by atomic mass is 10.2. The Kier molecular flexibility index (Phi) is 6.05. The van der Waals surface area contributed by atoms with Crippen LogP contribution in [0.2, 0.25) is 0 Å². The molecule has 0 aliphatic carbocycles. The Balaban J connectivity index is 1.57. The quantitative estimate of drug-likeness (QED) is 0.440. The zero-order valence-corrected chi connectivity index (χ0v) is 18.4. The molecule has 0 spiro atoms. The van der Waals surface area contributed by atoms with Gasteiger partial charge in [-0.2, -0.15) is 10.1 Å². The molecule has 1 aromatic carbocycles. The average Bonchev–Trinajstić information content (AvgIpc) is 3.40. The number of aryl methyl sites for hydroxylation is 1. The Morgan fingerprint density at radius 2 is 2.06 bits per heavy atom. The molecule has 2 N–H and O–H groups in total. The number of anilines is 1. The standard InChI is InChI=1S/C22H23N7O4/c1-27(9-10-33-3)21(32)16-12-23-28(2)19(16)20(31)25-18-7-8-29-13-17(24-22(29)26-18)14-5-4-6-15(30)11-14/h4-8,11-13,30H,9-10H2,1-3H3,(H,24,25,26,31). The molecule has 11 nitrogen and oxygen atoms in total. The number of imidazole rings is 1. The number of hydrogen-bond acceptors (Lipinski definition) is 7. The molecule has 0 saturated carbocycles. The van der Waals surface area contributed by atoms with Crippen molar-refractivity contribution < 1.29 is 19.4 Å². The first-order valence-corrected chi connectivity index (χ1v) is 10.1. The monoisotopic (exact) mass is 449 g/mol. The van der Waals surface area contributed by atoms with Crippen LogP contribution in [0.4, 0.5) is 5.82 Å². The molecule has 0 fully saturated rings. The van der Waals surface area contributed by atoms with Gasteiger partial charge in [0.25, 0.3) is 11.8 Å². The third-order valence-electron chi connectivity index (χ3n) is 5.07. The second-order valence-corrected chi connectivity index (χ2v) is 7.40. The fourth-order valence-corrected chi connectivity index (χ4v) is 3.32. The first-order valence-electron chi connectivity index (χ1n) is 10.1. The summed E-state index contributed by atoms with van der Waals surface area (Å²) in [5, 5.41) is 16.5. The number of hydrogen-bond donors (Lipinski definition) is 2. The van der Waals surface area contributed by atoms with Crippen LogP contribution in [0.25, 0.3) is 17.0 Å². The Morgan fingerprint density at radius 3 is 2.82 bits per heavy atom. The van der Waals surface area contributed by atoms with Gasteiger partial charge < -0.3 is 20.1 Å². The van der Waals surface area contributed by atoms with Crippen LogP contribution in [0.1, 0.15) is 20.8 Å². The first kappa shape index (κ1) is 22.0. The van der Waals surface area contributed by atoms with Crippen molar-refractivity contribution in [3.8, 4) is 17.0 Å². The van der Waals surface area contributed by atoms with Crippen molar-refractivity contribution in [1.29, 1.82) is 0 Å². The highest BCUT2D eigenvalue weighted by molar-refractivity contribution is 6.10. The van der Waals surface area contributed by atoms with E-state index in [1.54, 1.807) is 62.3 Å². The van der Waals surface area contributed by atoms with Gasteiger partial charge in [-0.15, -0.1) is 0 Å². The number of amides is 2. The van der Waals surface area contributed by atoms with E-state index >= 15 is 0 Å². The minimum atomic E-state index is -0.518. The van der Waals surface area contributed by atoms with Crippen LogP contribution in [0.5, 0.6) is 5.75 Å². The van der Waals surface area contributed by atoms with Gasteiger partial charge in [0.1, 0.15) is 17.3 Å². The zero-order chi connectivity index (χ0) is 23.5. The summed E-state index contributed by atoms with van der Waals surface area (Å²) in [6.45, 7) is 0.758. The normalized spacial score (nSPS) is 11.0. The Bertz CT molecular complexity index is 1330. The number of rotatable bonds is 7. The maximum Gasteiger partial charge on any atom is 0.275 e. The predicted molar refractivity (Wildman–Crippen MR) is 120 cm³/mol. The predicted octanol–water partition coefficient (Wildman–Crippen LogP) is 1.81. The van der Waals surface area contributed by atoms with Crippen LogP contribution in [0, 0.1) is 0 Å². The lowest BCUT2D eigenvalue weighted by Gasteiger charge is -2.16. The number of phenolic OH excluding ortho intramolecular Hbond substituents is 1. The molecular weight excluding hydrogens is 426 g/mol. The first-order chi connectivity index (χ1) is 15.9. The van der Waals surface area contributed by atoms with Crippen molar-refractivity contribution >= 4 is 23.4 Å². The molecule has 33 heavy (non-hydrogen) atoms. The van der Waals surface area contributed by atoms with Gasteiger partial charge in [-0.25, -0.2) is 4.98 Å². The van der Waals surface area contributed by atoms with Crippen LogP contribution in [0.15, 0.2) is 48.9 Å². The van der Waals surface area contributed by atoms with Gasteiger partial charge in [-0.05, 0) is 18.2 Å². The largest absolute Gasteiger partial charge is 0.508 e. The maximum absolute atomic E-state index is 13.0. The third kappa shape index (κ3) is 4.53. The van der Waals surface area contributed by atoms with Crippen molar-refractivity contribution in [2.24, 2.45) is 7.05 Å². The number of benzene rings is 1. The van der Waals surface area contributed by atoms with E-state index in [1.165, 1.54) is 15.8 Å². The molecule has 3 heterocycles. The summed E-state index contributed by atoms with van der Waals surface area (Å²) < 4.78 is 8.06. The van der Waals surface area contributed by atoms with E-state index in [2.05, 4.69) is 20.4 Å². The molecule has 4 aromatic rings. The van der Waals surface area contributed by atoms with E-state index in [9.17, 15) is 14.7 Å². The molecule has 0 saturated heterocycles. The van der Waals surface area contributed by atoms with Crippen LogP contribution in [0.3, 0.4) is 0 Å². The number of fused-ring (bicyclic) bond motifs is 1. The second-order valence-electron chi connectivity index (χ2n) is 7.40. The van der Waals surface area contributed by atoms with Crippen molar-refractivity contribution in [3.63, 3.8) is 0 Å². The highest BCUT2D eigenvalue weighted by Crippen LogP contribution is 2.23. The van der Waals surface area contributed by atoms with Crippen molar-refractivity contribution in [3.05, 3.63) is 60.2 Å². The molecule has 0 aliphatic rings. The SMILES string of the molecule is COCCN(C)C(=O)c1cnn(C)c1C(=O)Nc1ccn2cc(-c3cccc(O)c3)nc2n1. The summed E-state index contributed by atoms with van der Waals surface area (Å²) in [5.41, 5.74) is 1.67. The molecule has 0 unspecified atom stereocenters. The molecule has 2 amide bonds. The summed E-state index contributed by atoms with van der Waals surface area (Å²) in [6, 6.07) is 8.37. The number of carbonyl (C=O) groups is 2. The molecule has 11 heteroatoms. The summed E-state index contributed by atoms with van der Waals surface area (Å²) in [7, 11) is 4.78. The van der Waals surface area contributed by atoms with E-state index in [-0.39, 0.29) is 28.7 Å². The van der Waals surface area contributed by atoms with E-state index in [0.29, 0.717) is 24.6 Å². The van der Waals surface area contributed by atoms with Gasteiger partial charge in [-0.3, -0.25) is 18.7 Å². The number of aromatic nitrogens is 5. The van der Waals surface area contributed by atoms with Crippen LogP contribution >= 0.6 is 0 Å². The summed E-state index contributed by atoms with van der Waals surface area (Å²) >= 11 is 0. The Hall–Kier alpha value is -4.25. The molecule has 4 rings (SSSR count). The Labute approximate surface area is 189 Å². The molecule has 0 aliphatic heterocycles. The lowest BCUT2D eigenvalue weighted by molar-refractivity contribution is 0.0740. The number of nitrogens with one attached hydrogen (secondary N) is 1. The van der Waals surface area contributed by atoms with E-state index in [0.717, 1.165) is 5.56 Å². The number of carbonyl (C=O) groups excluding carboxylic acids is 2. The second kappa shape index (κ2) is 9.09. The summed E-state index contributed by atoms with van der Waals surface area (Å²) in [4.78, 5) is 36.1. The Morgan fingerprint density at radius 1 is 1.24 bits per heavy atom. The van der Waals surface area contributed by atoms with Crippen molar-refractivity contribution in [2.75, 3.05) is 32.6 Å². The molecule has 0 bridgehead atoms. The third-order valence-corrected chi connectivity index (χ3v) is 5.07. The minimum Gasteiger partial charge on any atom is -0.508 e. The zero-order valence-electron chi connectivity index (χ0n) is 18.4. The number of aromatic hydroxyl groups is 1. The van der Waals surface area contributed by atoms with Gasteiger partial charge in [0.05, 0.1) is 24.1 Å². The van der Waals surface area contributed by atoms with E-state index < -0.39 is 5.91 Å². The fraction of sp³-hybridized carbons (Fsp3) is 0.227. The minimum absolute atomic E-state index is 0.120. The van der Waals surface area contributed by atoms with Crippen LogP contribution < -0.4 is 5.32 Å².